The number of primary amides is 2. The summed E-state index contributed by atoms with van der Waals surface area (Å²) in [5.74, 6) is -0.909. The Morgan fingerprint density at radius 3 is 2.00 bits per heavy atom. The van der Waals surface area contributed by atoms with Crippen LogP contribution in [-0.2, 0) is 16.0 Å². The van der Waals surface area contributed by atoms with Gasteiger partial charge in [0.25, 0.3) is 0 Å². The third-order valence-corrected chi connectivity index (χ3v) is 3.59. The molecule has 120 valence electrons. The van der Waals surface area contributed by atoms with Crippen LogP contribution in [0.3, 0.4) is 0 Å². The SMILES string of the molecule is NC(=O)C[C@@H](Cc1ccccc1)N[C@H](C(N)=O)c1ccccc1. The number of rotatable bonds is 8. The minimum absolute atomic E-state index is 0.130. The zero-order valence-corrected chi connectivity index (χ0v) is 12.8. The topological polar surface area (TPSA) is 98.2 Å². The van der Waals surface area contributed by atoms with E-state index in [0.29, 0.717) is 6.42 Å². The minimum atomic E-state index is -0.663. The molecule has 0 radical (unpaired) electrons. The summed E-state index contributed by atoms with van der Waals surface area (Å²) in [4.78, 5) is 23.2. The summed E-state index contributed by atoms with van der Waals surface area (Å²) in [6, 6.07) is 18.0. The lowest BCUT2D eigenvalue weighted by Gasteiger charge is -2.23. The zero-order chi connectivity index (χ0) is 16.7. The summed E-state index contributed by atoms with van der Waals surface area (Å²) in [5.41, 5.74) is 12.7. The highest BCUT2D eigenvalue weighted by Gasteiger charge is 2.23. The molecule has 0 aliphatic carbocycles. The predicted molar refractivity (Wildman–Crippen MR) is 89.3 cm³/mol. The summed E-state index contributed by atoms with van der Waals surface area (Å²) < 4.78 is 0. The van der Waals surface area contributed by atoms with Gasteiger partial charge in [-0.2, -0.15) is 0 Å². The van der Waals surface area contributed by atoms with E-state index in [-0.39, 0.29) is 12.5 Å². The van der Waals surface area contributed by atoms with Gasteiger partial charge in [0, 0.05) is 12.5 Å². The number of carbonyl (C=O) groups excluding carboxylic acids is 2. The van der Waals surface area contributed by atoms with Gasteiger partial charge in [-0.1, -0.05) is 60.7 Å². The monoisotopic (exact) mass is 311 g/mol. The van der Waals surface area contributed by atoms with Gasteiger partial charge in [0.15, 0.2) is 0 Å². The quantitative estimate of drug-likeness (QED) is 0.685. The normalized spacial score (nSPS) is 13.2. The lowest BCUT2D eigenvalue weighted by Crippen LogP contribution is -2.43. The van der Waals surface area contributed by atoms with E-state index in [2.05, 4.69) is 5.32 Å². The van der Waals surface area contributed by atoms with Crippen LogP contribution in [0, 0.1) is 0 Å². The first-order valence-corrected chi connectivity index (χ1v) is 7.49. The van der Waals surface area contributed by atoms with E-state index < -0.39 is 17.9 Å². The molecule has 0 bridgehead atoms. The molecule has 5 heteroatoms. The Kier molecular flexibility index (Phi) is 5.88. The molecule has 23 heavy (non-hydrogen) atoms. The minimum Gasteiger partial charge on any atom is -0.370 e. The molecule has 0 aliphatic heterocycles. The number of hydrogen-bond acceptors (Lipinski definition) is 3. The van der Waals surface area contributed by atoms with Crippen molar-refractivity contribution in [2.75, 3.05) is 0 Å². The van der Waals surface area contributed by atoms with Crippen LogP contribution in [0.25, 0.3) is 0 Å². The molecular formula is C18H21N3O2. The van der Waals surface area contributed by atoms with Crippen molar-refractivity contribution in [1.82, 2.24) is 5.32 Å². The molecule has 2 aromatic carbocycles. The molecule has 2 amide bonds. The molecule has 2 rings (SSSR count). The Labute approximate surface area is 135 Å². The fraction of sp³-hybridized carbons (Fsp3) is 0.222. The van der Waals surface area contributed by atoms with Crippen LogP contribution in [0.5, 0.6) is 0 Å². The van der Waals surface area contributed by atoms with Crippen LogP contribution < -0.4 is 16.8 Å². The van der Waals surface area contributed by atoms with E-state index in [9.17, 15) is 9.59 Å². The molecular weight excluding hydrogens is 290 g/mol. The Bertz CT molecular complexity index is 644. The fourth-order valence-corrected chi connectivity index (χ4v) is 2.56. The van der Waals surface area contributed by atoms with Gasteiger partial charge in [0.1, 0.15) is 6.04 Å². The highest BCUT2D eigenvalue weighted by molar-refractivity contribution is 5.81. The maximum absolute atomic E-state index is 11.8. The molecule has 0 aliphatic rings. The average molecular weight is 311 g/mol. The van der Waals surface area contributed by atoms with Crippen LogP contribution in [0.1, 0.15) is 23.6 Å². The second kappa shape index (κ2) is 8.10. The van der Waals surface area contributed by atoms with Crippen LogP contribution >= 0.6 is 0 Å². The molecule has 5 N–H and O–H groups in total. The maximum atomic E-state index is 11.8. The van der Waals surface area contributed by atoms with Gasteiger partial charge in [-0.05, 0) is 17.5 Å². The molecule has 0 fully saturated rings. The molecule has 2 aromatic rings. The summed E-state index contributed by atoms with van der Waals surface area (Å²) >= 11 is 0. The van der Waals surface area contributed by atoms with E-state index in [1.165, 1.54) is 0 Å². The zero-order valence-electron chi connectivity index (χ0n) is 12.8. The molecule has 0 spiro atoms. The molecule has 0 saturated heterocycles. The van der Waals surface area contributed by atoms with Gasteiger partial charge in [-0.15, -0.1) is 0 Å². The van der Waals surface area contributed by atoms with Gasteiger partial charge in [0.2, 0.25) is 11.8 Å². The smallest absolute Gasteiger partial charge is 0.239 e. The third-order valence-electron chi connectivity index (χ3n) is 3.59. The van der Waals surface area contributed by atoms with Crippen molar-refractivity contribution in [3.8, 4) is 0 Å². The molecule has 2 atom stereocenters. The first kappa shape index (κ1) is 16.7. The summed E-state index contributed by atoms with van der Waals surface area (Å²) in [6.07, 6.45) is 0.714. The van der Waals surface area contributed by atoms with Gasteiger partial charge >= 0.3 is 0 Å². The molecule has 5 nitrogen and oxygen atoms in total. The van der Waals surface area contributed by atoms with E-state index in [4.69, 9.17) is 11.5 Å². The fourth-order valence-electron chi connectivity index (χ4n) is 2.56. The van der Waals surface area contributed by atoms with E-state index in [1.807, 2.05) is 60.7 Å². The van der Waals surface area contributed by atoms with E-state index in [0.717, 1.165) is 11.1 Å². The van der Waals surface area contributed by atoms with Crippen molar-refractivity contribution in [1.29, 1.82) is 0 Å². The van der Waals surface area contributed by atoms with Crippen molar-refractivity contribution in [3.05, 3.63) is 71.8 Å². The Hall–Kier alpha value is -2.66. The van der Waals surface area contributed by atoms with Gasteiger partial charge < -0.3 is 11.5 Å². The highest BCUT2D eigenvalue weighted by Crippen LogP contribution is 2.15. The molecule has 0 heterocycles. The van der Waals surface area contributed by atoms with Crippen molar-refractivity contribution in [3.63, 3.8) is 0 Å². The average Bonchev–Trinajstić information content (AvgIpc) is 2.53. The van der Waals surface area contributed by atoms with Gasteiger partial charge in [0.05, 0.1) is 0 Å². The first-order chi connectivity index (χ1) is 11.1. The second-order valence-corrected chi connectivity index (χ2v) is 5.47. The highest BCUT2D eigenvalue weighted by atomic mass is 16.1. The third kappa shape index (κ3) is 5.23. The standard InChI is InChI=1S/C18H21N3O2/c19-16(22)12-15(11-13-7-3-1-4-8-13)21-17(18(20)23)14-9-5-2-6-10-14/h1-10,15,17,21H,11-12H2,(H2,19,22)(H2,20,23)/t15-,17+/m1/s1. The summed E-state index contributed by atoms with van der Waals surface area (Å²) in [7, 11) is 0. The van der Waals surface area contributed by atoms with Crippen LogP contribution in [0.2, 0.25) is 0 Å². The maximum Gasteiger partial charge on any atom is 0.239 e. The van der Waals surface area contributed by atoms with Crippen LogP contribution in [0.15, 0.2) is 60.7 Å². The largest absolute Gasteiger partial charge is 0.370 e. The second-order valence-electron chi connectivity index (χ2n) is 5.47. The van der Waals surface area contributed by atoms with Crippen molar-refractivity contribution < 1.29 is 9.59 Å². The molecule has 0 unspecified atom stereocenters. The van der Waals surface area contributed by atoms with Crippen LogP contribution in [0.4, 0.5) is 0 Å². The predicted octanol–water partition coefficient (Wildman–Crippen LogP) is 1.29. The van der Waals surface area contributed by atoms with Crippen molar-refractivity contribution in [2.24, 2.45) is 11.5 Å². The lowest BCUT2D eigenvalue weighted by atomic mass is 9.99. The van der Waals surface area contributed by atoms with Crippen molar-refractivity contribution >= 4 is 11.8 Å². The van der Waals surface area contributed by atoms with Crippen molar-refractivity contribution in [2.45, 2.75) is 24.9 Å². The van der Waals surface area contributed by atoms with Crippen LogP contribution in [-0.4, -0.2) is 17.9 Å². The number of hydrogen-bond donors (Lipinski definition) is 3. The Morgan fingerprint density at radius 1 is 0.913 bits per heavy atom. The molecule has 0 saturated carbocycles. The first-order valence-electron chi connectivity index (χ1n) is 7.49. The summed E-state index contributed by atoms with van der Waals surface area (Å²) in [6.45, 7) is 0. The number of nitrogens with two attached hydrogens (primary N) is 2. The number of carbonyl (C=O) groups is 2. The lowest BCUT2D eigenvalue weighted by molar-refractivity contribution is -0.122. The van der Waals surface area contributed by atoms with Gasteiger partial charge in [-0.3, -0.25) is 14.9 Å². The molecule has 0 aromatic heterocycles. The van der Waals surface area contributed by atoms with Gasteiger partial charge in [-0.25, -0.2) is 0 Å². The number of nitrogens with one attached hydrogen (secondary N) is 1. The summed E-state index contributed by atoms with van der Waals surface area (Å²) in [5, 5.41) is 3.17. The Morgan fingerprint density at radius 2 is 1.48 bits per heavy atom. The number of amides is 2. The van der Waals surface area contributed by atoms with E-state index >= 15 is 0 Å². The van der Waals surface area contributed by atoms with E-state index in [1.54, 1.807) is 0 Å². The number of benzene rings is 2. The Balaban J connectivity index is 2.17.